The summed E-state index contributed by atoms with van der Waals surface area (Å²) in [4.78, 5) is 19.9. The number of hydrogen-bond donors (Lipinski definition) is 1. The molecule has 2 heterocycles. The number of nitrogens with zero attached hydrogens (tertiary/aromatic N) is 3. The number of carbonyl (C=O) groups is 1. The maximum Gasteiger partial charge on any atom is 0.257 e. The minimum atomic E-state index is -0.0124. The van der Waals surface area contributed by atoms with Crippen molar-refractivity contribution in [3.8, 4) is 5.75 Å². The Bertz CT molecular complexity index is 846. The van der Waals surface area contributed by atoms with Crippen LogP contribution in [0.4, 0.5) is 0 Å². The summed E-state index contributed by atoms with van der Waals surface area (Å²) in [6.07, 6.45) is 5.38. The lowest BCUT2D eigenvalue weighted by Gasteiger charge is -2.41. The first-order valence-electron chi connectivity index (χ1n) is 9.60. The Morgan fingerprint density at radius 1 is 1.44 bits per heavy atom. The molecule has 2 aromatic rings. The second-order valence-electron chi connectivity index (χ2n) is 7.69. The number of benzene rings is 1. The highest BCUT2D eigenvalue weighted by atomic mass is 35.5. The lowest BCUT2D eigenvalue weighted by molar-refractivity contribution is 0.0721. The van der Waals surface area contributed by atoms with Crippen molar-refractivity contribution in [3.63, 3.8) is 0 Å². The fourth-order valence-electron chi connectivity index (χ4n) is 4.44. The number of aromatic amines is 1. The first-order chi connectivity index (χ1) is 13.1. The molecule has 2 aliphatic rings. The molecule has 144 valence electrons. The van der Waals surface area contributed by atoms with Crippen LogP contribution in [-0.2, 0) is 6.42 Å². The second-order valence-corrected chi connectivity index (χ2v) is 8.13. The van der Waals surface area contributed by atoms with E-state index in [1.165, 1.54) is 6.42 Å². The van der Waals surface area contributed by atoms with E-state index in [0.29, 0.717) is 22.9 Å². The standard InChI is InChI=1S/C20H25ClN4O2/c1-3-5-17-22-18(24-23-17)15-11-25(12-20(15)8-4-9-20)19(26)14-7-6-13(21)10-16(14)27-2/h6-7,10,15H,3-5,8-9,11-12H2,1-2H3,(H,22,23,24). The van der Waals surface area contributed by atoms with Gasteiger partial charge in [-0.1, -0.05) is 24.9 Å². The van der Waals surface area contributed by atoms with Crippen LogP contribution in [0, 0.1) is 5.41 Å². The number of nitrogens with one attached hydrogen (secondary N) is 1. The Balaban J connectivity index is 1.59. The van der Waals surface area contributed by atoms with Crippen LogP contribution in [0.1, 0.15) is 60.5 Å². The average molecular weight is 389 g/mol. The Hall–Kier alpha value is -2.08. The van der Waals surface area contributed by atoms with Gasteiger partial charge in [0.2, 0.25) is 0 Å². The fraction of sp³-hybridized carbons (Fsp3) is 0.550. The van der Waals surface area contributed by atoms with E-state index in [2.05, 4.69) is 17.1 Å². The third kappa shape index (κ3) is 3.20. The number of aryl methyl sites for hydroxylation is 1. The smallest absolute Gasteiger partial charge is 0.257 e. The molecule has 1 aromatic heterocycles. The quantitative estimate of drug-likeness (QED) is 0.844. The highest BCUT2D eigenvalue weighted by Crippen LogP contribution is 2.55. The molecule has 6 nitrogen and oxygen atoms in total. The first kappa shape index (κ1) is 18.3. The van der Waals surface area contributed by atoms with Gasteiger partial charge in [0.1, 0.15) is 11.6 Å². The van der Waals surface area contributed by atoms with E-state index in [1.54, 1.807) is 25.3 Å². The van der Waals surface area contributed by atoms with Crippen molar-refractivity contribution < 1.29 is 9.53 Å². The summed E-state index contributed by atoms with van der Waals surface area (Å²) in [6.45, 7) is 3.53. The van der Waals surface area contributed by atoms with E-state index < -0.39 is 0 Å². The number of H-pyrrole nitrogens is 1. The molecular weight excluding hydrogens is 364 g/mol. The van der Waals surface area contributed by atoms with Crippen LogP contribution >= 0.6 is 11.6 Å². The van der Waals surface area contributed by atoms with Crippen molar-refractivity contribution in [2.45, 2.75) is 44.9 Å². The lowest BCUT2D eigenvalue weighted by atomic mass is 9.62. The molecule has 1 atom stereocenters. The largest absolute Gasteiger partial charge is 0.496 e. The molecule has 1 N–H and O–H groups in total. The van der Waals surface area contributed by atoms with Gasteiger partial charge in [-0.15, -0.1) is 0 Å². The molecule has 1 aliphatic heterocycles. The zero-order valence-electron chi connectivity index (χ0n) is 15.8. The van der Waals surface area contributed by atoms with Gasteiger partial charge in [-0.25, -0.2) is 4.98 Å². The number of amides is 1. The Morgan fingerprint density at radius 3 is 2.93 bits per heavy atom. The molecule has 4 rings (SSSR count). The molecule has 1 amide bonds. The van der Waals surface area contributed by atoms with Crippen LogP contribution in [-0.4, -0.2) is 46.2 Å². The summed E-state index contributed by atoms with van der Waals surface area (Å²) < 4.78 is 5.38. The number of hydrogen-bond acceptors (Lipinski definition) is 4. The number of aromatic nitrogens is 3. The van der Waals surface area contributed by atoms with Crippen molar-refractivity contribution >= 4 is 17.5 Å². The van der Waals surface area contributed by atoms with Crippen LogP contribution in [0.25, 0.3) is 0 Å². The van der Waals surface area contributed by atoms with Gasteiger partial charge in [-0.05, 0) is 42.9 Å². The van der Waals surface area contributed by atoms with Gasteiger partial charge in [0.15, 0.2) is 5.82 Å². The number of ether oxygens (including phenoxy) is 1. The molecular formula is C20H25ClN4O2. The van der Waals surface area contributed by atoms with Gasteiger partial charge < -0.3 is 9.64 Å². The van der Waals surface area contributed by atoms with Crippen molar-refractivity contribution in [2.24, 2.45) is 5.41 Å². The van der Waals surface area contributed by atoms with Gasteiger partial charge >= 0.3 is 0 Å². The van der Waals surface area contributed by atoms with Gasteiger partial charge in [-0.3, -0.25) is 9.89 Å². The number of rotatable bonds is 5. The average Bonchev–Trinajstić information content (AvgIpc) is 3.25. The Labute approximate surface area is 164 Å². The Morgan fingerprint density at radius 2 is 2.26 bits per heavy atom. The van der Waals surface area contributed by atoms with Crippen LogP contribution in [0.3, 0.4) is 0 Å². The van der Waals surface area contributed by atoms with E-state index in [1.807, 2.05) is 4.90 Å². The van der Waals surface area contributed by atoms with E-state index in [0.717, 1.165) is 43.9 Å². The van der Waals surface area contributed by atoms with Crippen molar-refractivity contribution in [3.05, 3.63) is 40.4 Å². The van der Waals surface area contributed by atoms with Crippen LogP contribution in [0.5, 0.6) is 5.75 Å². The predicted molar refractivity (Wildman–Crippen MR) is 103 cm³/mol. The molecule has 0 radical (unpaired) electrons. The second kappa shape index (κ2) is 7.15. The van der Waals surface area contributed by atoms with Crippen LogP contribution in [0.2, 0.25) is 5.02 Å². The summed E-state index contributed by atoms with van der Waals surface area (Å²) >= 11 is 6.04. The molecule has 27 heavy (non-hydrogen) atoms. The predicted octanol–water partition coefficient (Wildman–Crippen LogP) is 3.83. The summed E-state index contributed by atoms with van der Waals surface area (Å²) in [7, 11) is 1.56. The van der Waals surface area contributed by atoms with Gasteiger partial charge in [0, 0.05) is 30.5 Å². The molecule has 0 bridgehead atoms. The lowest BCUT2D eigenvalue weighted by Crippen LogP contribution is -2.38. The van der Waals surface area contributed by atoms with E-state index in [9.17, 15) is 4.79 Å². The number of methoxy groups -OCH3 is 1. The number of carbonyl (C=O) groups excluding carboxylic acids is 1. The molecule has 1 aliphatic carbocycles. The highest BCUT2D eigenvalue weighted by Gasteiger charge is 2.53. The summed E-state index contributed by atoms with van der Waals surface area (Å²) in [6, 6.07) is 5.17. The van der Waals surface area contributed by atoms with Crippen molar-refractivity contribution in [2.75, 3.05) is 20.2 Å². The molecule has 2 fully saturated rings. The van der Waals surface area contributed by atoms with Crippen molar-refractivity contribution in [1.29, 1.82) is 0 Å². The topological polar surface area (TPSA) is 71.1 Å². The third-order valence-corrected chi connectivity index (χ3v) is 6.26. The molecule has 1 aromatic carbocycles. The van der Waals surface area contributed by atoms with E-state index >= 15 is 0 Å². The monoisotopic (exact) mass is 388 g/mol. The van der Waals surface area contributed by atoms with E-state index in [-0.39, 0.29) is 17.2 Å². The minimum Gasteiger partial charge on any atom is -0.496 e. The van der Waals surface area contributed by atoms with E-state index in [4.69, 9.17) is 21.3 Å². The zero-order chi connectivity index (χ0) is 19.0. The summed E-state index contributed by atoms with van der Waals surface area (Å²) in [5.74, 6) is 2.49. The van der Waals surface area contributed by atoms with Gasteiger partial charge in [0.05, 0.1) is 12.7 Å². The van der Waals surface area contributed by atoms with Gasteiger partial charge in [0.25, 0.3) is 5.91 Å². The fourth-order valence-corrected chi connectivity index (χ4v) is 4.61. The maximum atomic E-state index is 13.2. The number of halogens is 1. The highest BCUT2D eigenvalue weighted by molar-refractivity contribution is 6.30. The Kier molecular flexibility index (Phi) is 4.84. The molecule has 1 unspecified atom stereocenters. The molecule has 7 heteroatoms. The van der Waals surface area contributed by atoms with Gasteiger partial charge in [-0.2, -0.15) is 5.10 Å². The number of likely N-dealkylation sites (tertiary alicyclic amines) is 1. The zero-order valence-corrected chi connectivity index (χ0v) is 16.6. The maximum absolute atomic E-state index is 13.2. The molecule has 1 saturated heterocycles. The normalized spacial score (nSPS) is 20.7. The summed E-state index contributed by atoms with van der Waals surface area (Å²) in [5, 5.41) is 8.12. The van der Waals surface area contributed by atoms with Crippen LogP contribution < -0.4 is 4.74 Å². The third-order valence-electron chi connectivity index (χ3n) is 6.03. The SMILES string of the molecule is CCCc1nc(C2CN(C(=O)c3ccc(Cl)cc3OC)CC23CCC3)n[nH]1. The summed E-state index contributed by atoms with van der Waals surface area (Å²) in [5.41, 5.74) is 0.666. The van der Waals surface area contributed by atoms with Crippen molar-refractivity contribution in [1.82, 2.24) is 20.1 Å². The van der Waals surface area contributed by atoms with Crippen LogP contribution in [0.15, 0.2) is 18.2 Å². The molecule has 1 saturated carbocycles. The first-order valence-corrected chi connectivity index (χ1v) is 9.98. The molecule has 1 spiro atoms. The minimum absolute atomic E-state index is 0.0124.